The Morgan fingerprint density at radius 3 is 2.57 bits per heavy atom. The topological polar surface area (TPSA) is 78.6 Å². The number of benzene rings is 1. The summed E-state index contributed by atoms with van der Waals surface area (Å²) in [5.41, 5.74) is 7.61. The molecule has 5 heteroatoms. The molecule has 0 spiro atoms. The van der Waals surface area contributed by atoms with Crippen LogP contribution >= 0.6 is 0 Å². The van der Waals surface area contributed by atoms with Gasteiger partial charge in [0.15, 0.2) is 0 Å². The molecule has 1 fully saturated rings. The SMILES string of the molecule is CC(N)C(C)C(=O)Nc1ccccc1N1CCC(O)CC1. The molecule has 0 aromatic heterocycles. The van der Waals surface area contributed by atoms with E-state index in [2.05, 4.69) is 10.2 Å². The summed E-state index contributed by atoms with van der Waals surface area (Å²) in [6.45, 7) is 5.27. The van der Waals surface area contributed by atoms with E-state index >= 15 is 0 Å². The molecule has 116 valence electrons. The number of nitrogens with zero attached hydrogens (tertiary/aromatic N) is 1. The van der Waals surface area contributed by atoms with Crippen LogP contribution in [0.15, 0.2) is 24.3 Å². The van der Waals surface area contributed by atoms with Crippen LogP contribution in [0.25, 0.3) is 0 Å². The fourth-order valence-electron chi connectivity index (χ4n) is 2.45. The van der Waals surface area contributed by atoms with E-state index < -0.39 is 0 Å². The highest BCUT2D eigenvalue weighted by Gasteiger charge is 2.22. The number of amides is 1. The van der Waals surface area contributed by atoms with Gasteiger partial charge in [-0.05, 0) is 31.9 Å². The summed E-state index contributed by atoms with van der Waals surface area (Å²) in [5.74, 6) is -0.296. The first-order chi connectivity index (χ1) is 9.99. The lowest BCUT2D eigenvalue weighted by atomic mass is 10.0. The van der Waals surface area contributed by atoms with Crippen molar-refractivity contribution in [3.8, 4) is 0 Å². The van der Waals surface area contributed by atoms with Crippen LogP contribution in [0.5, 0.6) is 0 Å². The molecule has 2 atom stereocenters. The van der Waals surface area contributed by atoms with Crippen molar-refractivity contribution in [1.82, 2.24) is 0 Å². The molecule has 0 bridgehead atoms. The normalized spacial score (nSPS) is 19.1. The molecule has 1 aliphatic heterocycles. The number of carbonyl (C=O) groups excluding carboxylic acids is 1. The van der Waals surface area contributed by atoms with Gasteiger partial charge in [0.1, 0.15) is 0 Å². The Bertz CT molecular complexity index is 482. The molecule has 5 nitrogen and oxygen atoms in total. The summed E-state index contributed by atoms with van der Waals surface area (Å²) < 4.78 is 0. The zero-order chi connectivity index (χ0) is 15.4. The summed E-state index contributed by atoms with van der Waals surface area (Å²) in [6.07, 6.45) is 1.32. The number of piperidine rings is 1. The summed E-state index contributed by atoms with van der Waals surface area (Å²) in [5, 5.41) is 12.6. The maximum Gasteiger partial charge on any atom is 0.228 e. The Hall–Kier alpha value is -1.59. The van der Waals surface area contributed by atoms with Crippen molar-refractivity contribution < 1.29 is 9.90 Å². The number of anilines is 2. The van der Waals surface area contributed by atoms with Crippen molar-refractivity contribution in [2.24, 2.45) is 11.7 Å². The third-order valence-corrected chi connectivity index (χ3v) is 4.17. The second-order valence-corrected chi connectivity index (χ2v) is 5.87. The lowest BCUT2D eigenvalue weighted by Crippen LogP contribution is -2.37. The second-order valence-electron chi connectivity index (χ2n) is 5.87. The van der Waals surface area contributed by atoms with E-state index in [4.69, 9.17) is 5.73 Å². The van der Waals surface area contributed by atoms with E-state index in [1.807, 2.05) is 38.1 Å². The lowest BCUT2D eigenvalue weighted by Gasteiger charge is -2.33. The third kappa shape index (κ3) is 3.95. The van der Waals surface area contributed by atoms with Gasteiger partial charge in [0.25, 0.3) is 0 Å². The van der Waals surface area contributed by atoms with Crippen LogP contribution in [0, 0.1) is 5.92 Å². The molecular formula is C16H25N3O2. The molecule has 1 amide bonds. The summed E-state index contributed by atoms with van der Waals surface area (Å²) in [7, 11) is 0. The lowest BCUT2D eigenvalue weighted by molar-refractivity contribution is -0.119. The van der Waals surface area contributed by atoms with E-state index in [1.165, 1.54) is 0 Å². The minimum atomic E-state index is -0.235. The number of carbonyl (C=O) groups is 1. The number of hydrogen-bond acceptors (Lipinski definition) is 4. The highest BCUT2D eigenvalue weighted by Crippen LogP contribution is 2.28. The first kappa shape index (κ1) is 15.8. The maximum absolute atomic E-state index is 12.2. The predicted molar refractivity (Wildman–Crippen MR) is 85.3 cm³/mol. The van der Waals surface area contributed by atoms with Gasteiger partial charge in [-0.2, -0.15) is 0 Å². The molecule has 21 heavy (non-hydrogen) atoms. The molecule has 2 unspecified atom stereocenters. The molecule has 0 saturated carbocycles. The smallest absolute Gasteiger partial charge is 0.228 e. The van der Waals surface area contributed by atoms with Gasteiger partial charge in [-0.25, -0.2) is 0 Å². The van der Waals surface area contributed by atoms with Crippen molar-refractivity contribution in [2.45, 2.75) is 38.8 Å². The van der Waals surface area contributed by atoms with Gasteiger partial charge in [-0.15, -0.1) is 0 Å². The van der Waals surface area contributed by atoms with E-state index in [0.717, 1.165) is 37.3 Å². The number of nitrogens with two attached hydrogens (primary N) is 1. The average Bonchev–Trinajstić information content (AvgIpc) is 2.48. The number of aliphatic hydroxyl groups excluding tert-OH is 1. The van der Waals surface area contributed by atoms with Gasteiger partial charge in [-0.1, -0.05) is 19.1 Å². The number of rotatable bonds is 4. The monoisotopic (exact) mass is 291 g/mol. The second kappa shape index (κ2) is 6.91. The number of hydrogen-bond donors (Lipinski definition) is 3. The minimum Gasteiger partial charge on any atom is -0.393 e. The molecule has 4 N–H and O–H groups in total. The Morgan fingerprint density at radius 2 is 1.95 bits per heavy atom. The Balaban J connectivity index is 2.12. The highest BCUT2D eigenvalue weighted by atomic mass is 16.3. The fraction of sp³-hybridized carbons (Fsp3) is 0.562. The standard InChI is InChI=1S/C16H25N3O2/c1-11(12(2)17)16(21)18-14-5-3-4-6-15(14)19-9-7-13(20)8-10-19/h3-6,11-13,20H,7-10,17H2,1-2H3,(H,18,21). The summed E-state index contributed by atoms with van der Waals surface area (Å²) in [6, 6.07) is 7.61. The van der Waals surface area contributed by atoms with Crippen LogP contribution in [0.2, 0.25) is 0 Å². The number of para-hydroxylation sites is 2. The molecule has 1 saturated heterocycles. The molecule has 1 aliphatic rings. The van der Waals surface area contributed by atoms with Crippen molar-refractivity contribution in [3.63, 3.8) is 0 Å². The number of aliphatic hydroxyl groups is 1. The van der Waals surface area contributed by atoms with Crippen LogP contribution in [0.4, 0.5) is 11.4 Å². The first-order valence-corrected chi connectivity index (χ1v) is 7.57. The van der Waals surface area contributed by atoms with E-state index in [-0.39, 0.29) is 24.0 Å². The van der Waals surface area contributed by atoms with Gasteiger partial charge in [-0.3, -0.25) is 4.79 Å². The molecule has 1 aromatic carbocycles. The third-order valence-electron chi connectivity index (χ3n) is 4.17. The molecular weight excluding hydrogens is 266 g/mol. The quantitative estimate of drug-likeness (QED) is 0.787. The Labute approximate surface area is 126 Å². The van der Waals surface area contributed by atoms with Crippen LogP contribution < -0.4 is 16.0 Å². The Kier molecular flexibility index (Phi) is 5.20. The fourth-order valence-corrected chi connectivity index (χ4v) is 2.45. The van der Waals surface area contributed by atoms with Crippen LogP contribution in [0.1, 0.15) is 26.7 Å². The van der Waals surface area contributed by atoms with Gasteiger partial charge in [0.2, 0.25) is 5.91 Å². The molecule has 2 rings (SSSR count). The number of nitrogens with one attached hydrogen (secondary N) is 1. The van der Waals surface area contributed by atoms with Crippen LogP contribution in [-0.2, 0) is 4.79 Å². The highest BCUT2D eigenvalue weighted by molar-refractivity contribution is 5.96. The van der Waals surface area contributed by atoms with Crippen molar-refractivity contribution >= 4 is 17.3 Å². The summed E-state index contributed by atoms with van der Waals surface area (Å²) >= 11 is 0. The zero-order valence-corrected chi connectivity index (χ0v) is 12.7. The van der Waals surface area contributed by atoms with E-state index in [1.54, 1.807) is 0 Å². The van der Waals surface area contributed by atoms with Crippen LogP contribution in [-0.4, -0.2) is 36.2 Å². The first-order valence-electron chi connectivity index (χ1n) is 7.57. The average molecular weight is 291 g/mol. The molecule has 0 radical (unpaired) electrons. The zero-order valence-electron chi connectivity index (χ0n) is 12.7. The predicted octanol–water partition coefficient (Wildman–Crippen LogP) is 1.57. The minimum absolute atomic E-state index is 0.0607. The van der Waals surface area contributed by atoms with Crippen molar-refractivity contribution in [1.29, 1.82) is 0 Å². The molecule has 1 heterocycles. The van der Waals surface area contributed by atoms with Gasteiger partial charge in [0, 0.05) is 19.1 Å². The van der Waals surface area contributed by atoms with Gasteiger partial charge in [0.05, 0.1) is 23.4 Å². The Morgan fingerprint density at radius 1 is 1.33 bits per heavy atom. The van der Waals surface area contributed by atoms with E-state index in [9.17, 15) is 9.90 Å². The summed E-state index contributed by atoms with van der Waals surface area (Å²) in [4.78, 5) is 14.4. The van der Waals surface area contributed by atoms with Gasteiger partial charge < -0.3 is 21.1 Å². The maximum atomic E-state index is 12.2. The van der Waals surface area contributed by atoms with Crippen molar-refractivity contribution in [3.05, 3.63) is 24.3 Å². The van der Waals surface area contributed by atoms with E-state index in [0.29, 0.717) is 0 Å². The van der Waals surface area contributed by atoms with Gasteiger partial charge >= 0.3 is 0 Å². The molecule has 1 aromatic rings. The largest absolute Gasteiger partial charge is 0.393 e. The molecule has 0 aliphatic carbocycles. The van der Waals surface area contributed by atoms with Crippen molar-refractivity contribution in [2.75, 3.05) is 23.3 Å². The van der Waals surface area contributed by atoms with Crippen LogP contribution in [0.3, 0.4) is 0 Å².